The minimum Gasteiger partial charge on any atom is -0.492 e. The van der Waals surface area contributed by atoms with Gasteiger partial charge in [0.15, 0.2) is 0 Å². The number of carbonyl (C=O) groups is 1. The van der Waals surface area contributed by atoms with Crippen LogP contribution >= 0.6 is 11.6 Å². The van der Waals surface area contributed by atoms with Crippen LogP contribution in [0, 0.1) is 0 Å². The number of alkyl halides is 1. The van der Waals surface area contributed by atoms with Crippen molar-refractivity contribution in [2.45, 2.75) is 26.2 Å². The predicted molar refractivity (Wildman–Crippen MR) is 81.6 cm³/mol. The van der Waals surface area contributed by atoms with Crippen LogP contribution in [-0.4, -0.2) is 31.6 Å². The van der Waals surface area contributed by atoms with E-state index in [1.807, 2.05) is 0 Å². The maximum atomic E-state index is 11.7. The third-order valence-electron chi connectivity index (χ3n) is 2.60. The fourth-order valence-corrected chi connectivity index (χ4v) is 1.60. The average Bonchev–Trinajstić information content (AvgIpc) is 2.46. The van der Waals surface area contributed by atoms with Crippen molar-refractivity contribution in [2.24, 2.45) is 0 Å². The van der Waals surface area contributed by atoms with Crippen molar-refractivity contribution in [1.29, 1.82) is 0 Å². The predicted octanol–water partition coefficient (Wildman–Crippen LogP) is 3.45. The second-order valence-electron chi connectivity index (χ2n) is 4.33. The molecule has 0 aromatic heterocycles. The summed E-state index contributed by atoms with van der Waals surface area (Å²) in [7, 11) is 0. The number of anilines is 1. The van der Waals surface area contributed by atoms with Crippen LogP contribution in [0.4, 0.5) is 5.69 Å². The number of benzene rings is 1. The van der Waals surface area contributed by atoms with Crippen molar-refractivity contribution in [3.8, 4) is 5.75 Å². The van der Waals surface area contributed by atoms with Gasteiger partial charge in [0.1, 0.15) is 12.4 Å². The Morgan fingerprint density at radius 3 is 2.60 bits per heavy atom. The van der Waals surface area contributed by atoms with E-state index < -0.39 is 0 Å². The second kappa shape index (κ2) is 10.5. The highest BCUT2D eigenvalue weighted by Crippen LogP contribution is 2.15. The number of carbonyl (C=O) groups excluding carboxylic acids is 1. The van der Waals surface area contributed by atoms with Crippen LogP contribution in [0.1, 0.15) is 26.2 Å². The van der Waals surface area contributed by atoms with E-state index in [2.05, 4.69) is 12.2 Å². The van der Waals surface area contributed by atoms with Gasteiger partial charge in [0.05, 0.1) is 18.9 Å². The molecule has 1 rings (SSSR count). The summed E-state index contributed by atoms with van der Waals surface area (Å²) < 4.78 is 10.7. The van der Waals surface area contributed by atoms with E-state index in [1.54, 1.807) is 24.3 Å². The molecule has 0 aliphatic carbocycles. The molecule has 0 bridgehead atoms. The normalized spacial score (nSPS) is 10.3. The lowest BCUT2D eigenvalue weighted by Gasteiger charge is -2.08. The first-order valence-electron chi connectivity index (χ1n) is 6.92. The number of hydrogen-bond acceptors (Lipinski definition) is 3. The first-order valence-corrected chi connectivity index (χ1v) is 7.46. The maximum absolute atomic E-state index is 11.7. The summed E-state index contributed by atoms with van der Waals surface area (Å²) in [6.45, 7) is 3.76. The van der Waals surface area contributed by atoms with Gasteiger partial charge in [-0.25, -0.2) is 0 Å². The molecule has 112 valence electrons. The largest absolute Gasteiger partial charge is 0.492 e. The molecule has 0 heterocycles. The quantitative estimate of drug-likeness (QED) is 0.532. The Kier molecular flexibility index (Phi) is 8.83. The zero-order valence-corrected chi connectivity index (χ0v) is 12.6. The highest BCUT2D eigenvalue weighted by molar-refractivity contribution is 6.18. The molecule has 0 atom stereocenters. The summed E-state index contributed by atoms with van der Waals surface area (Å²) in [6, 6.07) is 7.22. The molecule has 20 heavy (non-hydrogen) atoms. The van der Waals surface area contributed by atoms with Crippen molar-refractivity contribution in [3.63, 3.8) is 0 Å². The fraction of sp³-hybridized carbons (Fsp3) is 0.533. The summed E-state index contributed by atoms with van der Waals surface area (Å²) in [5.74, 6) is 1.15. The van der Waals surface area contributed by atoms with E-state index in [0.29, 0.717) is 25.5 Å². The number of hydrogen-bond donors (Lipinski definition) is 1. The smallest absolute Gasteiger partial charge is 0.226 e. The molecular formula is C15H22ClNO3. The molecule has 1 aromatic rings. The Morgan fingerprint density at radius 2 is 1.95 bits per heavy atom. The van der Waals surface area contributed by atoms with Crippen LogP contribution in [0.3, 0.4) is 0 Å². The van der Waals surface area contributed by atoms with Crippen molar-refractivity contribution >= 4 is 23.2 Å². The van der Waals surface area contributed by atoms with Crippen LogP contribution in [0.15, 0.2) is 24.3 Å². The van der Waals surface area contributed by atoms with Crippen molar-refractivity contribution in [1.82, 2.24) is 0 Å². The molecule has 0 fully saturated rings. The molecule has 5 heteroatoms. The van der Waals surface area contributed by atoms with Crippen LogP contribution in [0.5, 0.6) is 5.75 Å². The summed E-state index contributed by atoms with van der Waals surface area (Å²) in [5.41, 5.74) is 0.752. The Hall–Kier alpha value is -1.26. The molecule has 1 amide bonds. The first kappa shape index (κ1) is 16.8. The van der Waals surface area contributed by atoms with Crippen LogP contribution < -0.4 is 10.1 Å². The molecular weight excluding hydrogens is 278 g/mol. The van der Waals surface area contributed by atoms with Gasteiger partial charge in [-0.05, 0) is 30.7 Å². The van der Waals surface area contributed by atoms with Crippen LogP contribution in [-0.2, 0) is 9.53 Å². The molecule has 0 radical (unpaired) electrons. The van der Waals surface area contributed by atoms with E-state index in [0.717, 1.165) is 30.9 Å². The van der Waals surface area contributed by atoms with Crippen LogP contribution in [0.25, 0.3) is 0 Å². The summed E-state index contributed by atoms with van der Waals surface area (Å²) in [4.78, 5) is 11.7. The van der Waals surface area contributed by atoms with E-state index in [1.165, 1.54) is 0 Å². The highest BCUT2D eigenvalue weighted by Gasteiger charge is 2.02. The Labute approximate surface area is 125 Å². The number of halogens is 1. The fourth-order valence-electron chi connectivity index (χ4n) is 1.53. The topological polar surface area (TPSA) is 47.6 Å². The Morgan fingerprint density at radius 1 is 1.20 bits per heavy atom. The van der Waals surface area contributed by atoms with E-state index in [-0.39, 0.29) is 5.91 Å². The number of amides is 1. The number of ether oxygens (including phenoxy) is 2. The van der Waals surface area contributed by atoms with Gasteiger partial charge in [0.2, 0.25) is 5.91 Å². The Balaban J connectivity index is 2.24. The molecule has 4 nitrogen and oxygen atoms in total. The first-order chi connectivity index (χ1) is 9.76. The molecule has 0 aliphatic heterocycles. The number of nitrogens with one attached hydrogen (secondary N) is 1. The van der Waals surface area contributed by atoms with Crippen molar-refractivity contribution in [3.05, 3.63) is 24.3 Å². The lowest BCUT2D eigenvalue weighted by Crippen LogP contribution is -2.14. The average molecular weight is 300 g/mol. The minimum atomic E-state index is -0.0454. The van der Waals surface area contributed by atoms with Gasteiger partial charge >= 0.3 is 0 Å². The molecule has 1 aromatic carbocycles. The molecule has 0 saturated heterocycles. The summed E-state index contributed by atoms with van der Waals surface area (Å²) in [6.07, 6.45) is 2.50. The van der Waals surface area contributed by atoms with Gasteiger partial charge < -0.3 is 14.8 Å². The van der Waals surface area contributed by atoms with Gasteiger partial charge in [0, 0.05) is 12.3 Å². The van der Waals surface area contributed by atoms with Gasteiger partial charge in [-0.2, -0.15) is 0 Å². The van der Waals surface area contributed by atoms with E-state index >= 15 is 0 Å². The SMILES string of the molecule is CCCCOCCC(=O)Nc1ccc(OCCCl)cc1. The zero-order valence-electron chi connectivity index (χ0n) is 11.9. The van der Waals surface area contributed by atoms with Crippen molar-refractivity contribution in [2.75, 3.05) is 31.0 Å². The van der Waals surface area contributed by atoms with E-state index in [9.17, 15) is 4.79 Å². The Bertz CT molecular complexity index is 381. The lowest BCUT2D eigenvalue weighted by atomic mass is 10.3. The molecule has 0 saturated carbocycles. The molecule has 0 spiro atoms. The van der Waals surface area contributed by atoms with Gasteiger partial charge in [0.25, 0.3) is 0 Å². The summed E-state index contributed by atoms with van der Waals surface area (Å²) >= 11 is 5.54. The van der Waals surface area contributed by atoms with Crippen molar-refractivity contribution < 1.29 is 14.3 Å². The number of rotatable bonds is 10. The molecule has 0 unspecified atom stereocenters. The minimum absolute atomic E-state index is 0.0454. The van der Waals surface area contributed by atoms with Gasteiger partial charge in [-0.1, -0.05) is 13.3 Å². The maximum Gasteiger partial charge on any atom is 0.226 e. The molecule has 0 aliphatic rings. The van der Waals surface area contributed by atoms with E-state index in [4.69, 9.17) is 21.1 Å². The highest BCUT2D eigenvalue weighted by atomic mass is 35.5. The van der Waals surface area contributed by atoms with Gasteiger partial charge in [-0.3, -0.25) is 4.79 Å². The summed E-state index contributed by atoms with van der Waals surface area (Å²) in [5, 5.41) is 2.82. The monoisotopic (exact) mass is 299 g/mol. The zero-order chi connectivity index (χ0) is 14.6. The molecule has 1 N–H and O–H groups in total. The standard InChI is InChI=1S/C15H22ClNO3/c1-2-3-10-19-11-8-15(18)17-13-4-6-14(7-5-13)20-12-9-16/h4-7H,2-3,8-12H2,1H3,(H,17,18). The van der Waals surface area contributed by atoms with Gasteiger partial charge in [-0.15, -0.1) is 11.6 Å². The third kappa shape index (κ3) is 7.36. The number of unbranched alkanes of at least 4 members (excludes halogenated alkanes) is 1. The lowest BCUT2D eigenvalue weighted by molar-refractivity contribution is -0.117. The van der Waals surface area contributed by atoms with Crippen LogP contribution in [0.2, 0.25) is 0 Å². The second-order valence-corrected chi connectivity index (χ2v) is 4.70. The third-order valence-corrected chi connectivity index (χ3v) is 2.75.